The van der Waals surface area contributed by atoms with Crippen LogP contribution in [0, 0.1) is 6.92 Å². The smallest absolute Gasteiger partial charge is 0.277 e. The molecule has 1 amide bonds. The van der Waals surface area contributed by atoms with Crippen LogP contribution in [-0.4, -0.2) is 28.5 Å². The molecule has 146 valence electrons. The molecule has 3 aromatic rings. The van der Waals surface area contributed by atoms with E-state index < -0.39 is 0 Å². The van der Waals surface area contributed by atoms with E-state index in [1.165, 1.54) is 11.8 Å². The molecule has 7 nitrogen and oxygen atoms in total. The molecular weight excluding hydrogens is 378 g/mol. The van der Waals surface area contributed by atoms with Crippen LogP contribution in [0.4, 0.5) is 5.69 Å². The second-order valence-electron chi connectivity index (χ2n) is 5.86. The molecule has 0 fully saturated rings. The molecule has 1 heterocycles. The number of hydrogen-bond acceptors (Lipinski definition) is 7. The average molecular weight is 399 g/mol. The number of thioether (sulfide) groups is 1. The Labute approximate surface area is 167 Å². The van der Waals surface area contributed by atoms with Crippen molar-refractivity contribution in [2.75, 3.05) is 17.7 Å². The van der Waals surface area contributed by atoms with Gasteiger partial charge >= 0.3 is 0 Å². The SMILES string of the molecule is CCOc1ccc(NC(=O)CSc2nnc(COc3ccc(C)cc3)o2)cc1. The summed E-state index contributed by atoms with van der Waals surface area (Å²) in [5.74, 6) is 1.85. The first-order valence-electron chi connectivity index (χ1n) is 8.79. The topological polar surface area (TPSA) is 86.5 Å². The van der Waals surface area contributed by atoms with E-state index in [4.69, 9.17) is 13.9 Å². The van der Waals surface area contributed by atoms with Gasteiger partial charge in [0.15, 0.2) is 6.61 Å². The molecule has 8 heteroatoms. The van der Waals surface area contributed by atoms with E-state index in [1.54, 1.807) is 12.1 Å². The third kappa shape index (κ3) is 6.02. The molecule has 0 aliphatic carbocycles. The summed E-state index contributed by atoms with van der Waals surface area (Å²) in [6, 6.07) is 14.9. The molecule has 1 N–H and O–H groups in total. The van der Waals surface area contributed by atoms with Gasteiger partial charge in [-0.3, -0.25) is 4.79 Å². The Morgan fingerprint density at radius 3 is 2.43 bits per heavy atom. The number of anilines is 1. The third-order valence-electron chi connectivity index (χ3n) is 3.61. The van der Waals surface area contributed by atoms with Gasteiger partial charge in [0.1, 0.15) is 11.5 Å². The van der Waals surface area contributed by atoms with Crippen LogP contribution < -0.4 is 14.8 Å². The molecule has 0 radical (unpaired) electrons. The quantitative estimate of drug-likeness (QED) is 0.542. The van der Waals surface area contributed by atoms with Gasteiger partial charge in [0.05, 0.1) is 12.4 Å². The van der Waals surface area contributed by atoms with Gasteiger partial charge in [-0.2, -0.15) is 0 Å². The fraction of sp³-hybridized carbons (Fsp3) is 0.250. The number of aryl methyl sites for hydroxylation is 1. The van der Waals surface area contributed by atoms with Gasteiger partial charge < -0.3 is 19.2 Å². The lowest BCUT2D eigenvalue weighted by Crippen LogP contribution is -2.13. The summed E-state index contributed by atoms with van der Waals surface area (Å²) in [4.78, 5) is 12.1. The molecule has 0 aliphatic heterocycles. The predicted molar refractivity (Wildman–Crippen MR) is 107 cm³/mol. The van der Waals surface area contributed by atoms with Crippen LogP contribution in [0.1, 0.15) is 18.4 Å². The van der Waals surface area contributed by atoms with Crippen LogP contribution in [0.15, 0.2) is 58.2 Å². The molecule has 3 rings (SSSR count). The van der Waals surface area contributed by atoms with Gasteiger partial charge in [-0.25, -0.2) is 0 Å². The first-order valence-corrected chi connectivity index (χ1v) is 9.78. The molecule has 0 atom stereocenters. The fourth-order valence-electron chi connectivity index (χ4n) is 2.26. The molecule has 1 aromatic heterocycles. The lowest BCUT2D eigenvalue weighted by atomic mass is 10.2. The van der Waals surface area contributed by atoms with E-state index in [-0.39, 0.29) is 18.3 Å². The number of carbonyl (C=O) groups excluding carboxylic acids is 1. The van der Waals surface area contributed by atoms with Crippen molar-refractivity contribution in [3.63, 3.8) is 0 Å². The minimum absolute atomic E-state index is 0.160. The number of amides is 1. The maximum Gasteiger partial charge on any atom is 0.277 e. The summed E-state index contributed by atoms with van der Waals surface area (Å²) in [6.07, 6.45) is 0. The van der Waals surface area contributed by atoms with Crippen LogP contribution in [-0.2, 0) is 11.4 Å². The maximum absolute atomic E-state index is 12.1. The van der Waals surface area contributed by atoms with E-state index in [9.17, 15) is 4.79 Å². The molecule has 0 aliphatic rings. The van der Waals surface area contributed by atoms with Crippen molar-refractivity contribution < 1.29 is 18.7 Å². The summed E-state index contributed by atoms with van der Waals surface area (Å²) in [5.41, 5.74) is 1.86. The summed E-state index contributed by atoms with van der Waals surface area (Å²) in [7, 11) is 0. The Morgan fingerprint density at radius 1 is 1.04 bits per heavy atom. The number of benzene rings is 2. The molecule has 0 unspecified atom stereocenters. The Balaban J connectivity index is 1.43. The van der Waals surface area contributed by atoms with Gasteiger partial charge in [-0.15, -0.1) is 10.2 Å². The Morgan fingerprint density at radius 2 is 1.71 bits per heavy atom. The van der Waals surface area contributed by atoms with Crippen LogP contribution in [0.3, 0.4) is 0 Å². The largest absolute Gasteiger partial charge is 0.494 e. The Bertz CT molecular complexity index is 895. The van der Waals surface area contributed by atoms with Crippen LogP contribution in [0.25, 0.3) is 0 Å². The highest BCUT2D eigenvalue weighted by molar-refractivity contribution is 7.99. The van der Waals surface area contributed by atoms with Crippen molar-refractivity contribution in [2.45, 2.75) is 25.7 Å². The number of carbonyl (C=O) groups is 1. The van der Waals surface area contributed by atoms with Crippen LogP contribution in [0.2, 0.25) is 0 Å². The highest BCUT2D eigenvalue weighted by Gasteiger charge is 2.11. The number of nitrogens with one attached hydrogen (secondary N) is 1. The summed E-state index contributed by atoms with van der Waals surface area (Å²) in [5, 5.41) is 11.0. The second kappa shape index (κ2) is 9.80. The van der Waals surface area contributed by atoms with E-state index in [2.05, 4.69) is 15.5 Å². The van der Waals surface area contributed by atoms with Crippen molar-refractivity contribution in [3.8, 4) is 11.5 Å². The van der Waals surface area contributed by atoms with Crippen LogP contribution in [0.5, 0.6) is 11.5 Å². The summed E-state index contributed by atoms with van der Waals surface area (Å²) in [6.45, 7) is 4.71. The predicted octanol–water partition coefficient (Wildman–Crippen LogP) is 4.09. The van der Waals surface area contributed by atoms with Crippen molar-refractivity contribution in [1.29, 1.82) is 0 Å². The average Bonchev–Trinajstić information content (AvgIpc) is 3.16. The normalized spacial score (nSPS) is 10.5. The van der Waals surface area contributed by atoms with Crippen molar-refractivity contribution in [3.05, 3.63) is 60.0 Å². The molecule has 0 bridgehead atoms. The lowest BCUT2D eigenvalue weighted by Gasteiger charge is -2.06. The zero-order valence-electron chi connectivity index (χ0n) is 15.7. The Kier molecular flexibility index (Phi) is 6.91. The molecule has 0 saturated carbocycles. The second-order valence-corrected chi connectivity index (χ2v) is 6.78. The summed E-state index contributed by atoms with van der Waals surface area (Å²) < 4.78 is 16.5. The molecule has 0 saturated heterocycles. The minimum atomic E-state index is -0.162. The zero-order chi connectivity index (χ0) is 19.8. The number of nitrogens with zero attached hydrogens (tertiary/aromatic N) is 2. The zero-order valence-corrected chi connectivity index (χ0v) is 16.5. The molecule has 0 spiro atoms. The minimum Gasteiger partial charge on any atom is -0.494 e. The monoisotopic (exact) mass is 399 g/mol. The van der Waals surface area contributed by atoms with Crippen LogP contribution >= 0.6 is 11.8 Å². The van der Waals surface area contributed by atoms with E-state index in [0.29, 0.717) is 23.4 Å². The fourth-order valence-corrected chi connectivity index (χ4v) is 2.84. The Hall–Kier alpha value is -3.00. The maximum atomic E-state index is 12.1. The molecule has 28 heavy (non-hydrogen) atoms. The van der Waals surface area contributed by atoms with Crippen molar-refractivity contribution >= 4 is 23.4 Å². The van der Waals surface area contributed by atoms with Crippen molar-refractivity contribution in [1.82, 2.24) is 10.2 Å². The summed E-state index contributed by atoms with van der Waals surface area (Å²) >= 11 is 1.17. The van der Waals surface area contributed by atoms with E-state index >= 15 is 0 Å². The number of ether oxygens (including phenoxy) is 2. The highest BCUT2D eigenvalue weighted by Crippen LogP contribution is 2.19. The van der Waals surface area contributed by atoms with Gasteiger partial charge in [-0.1, -0.05) is 29.5 Å². The lowest BCUT2D eigenvalue weighted by molar-refractivity contribution is -0.113. The van der Waals surface area contributed by atoms with Crippen molar-refractivity contribution in [2.24, 2.45) is 0 Å². The standard InChI is InChI=1S/C20H21N3O4S/c1-3-25-16-10-6-15(7-11-16)21-18(24)13-28-20-23-22-19(27-20)12-26-17-8-4-14(2)5-9-17/h4-11H,3,12-13H2,1-2H3,(H,21,24). The van der Waals surface area contributed by atoms with E-state index in [0.717, 1.165) is 17.1 Å². The molecule has 2 aromatic carbocycles. The first-order chi connectivity index (χ1) is 13.6. The molecular formula is C20H21N3O4S. The van der Waals surface area contributed by atoms with Gasteiger partial charge in [-0.05, 0) is 50.2 Å². The first kappa shape index (κ1) is 19.8. The third-order valence-corrected chi connectivity index (χ3v) is 4.43. The van der Waals surface area contributed by atoms with E-state index in [1.807, 2.05) is 50.2 Å². The highest BCUT2D eigenvalue weighted by atomic mass is 32.2. The van der Waals surface area contributed by atoms with Gasteiger partial charge in [0, 0.05) is 5.69 Å². The number of rotatable bonds is 9. The number of hydrogen-bond donors (Lipinski definition) is 1. The number of aromatic nitrogens is 2. The van der Waals surface area contributed by atoms with Gasteiger partial charge in [0.25, 0.3) is 11.1 Å². The van der Waals surface area contributed by atoms with Gasteiger partial charge in [0.2, 0.25) is 5.91 Å².